The molecule has 3 aromatic rings. The average molecular weight is 279 g/mol. The van der Waals surface area contributed by atoms with E-state index in [1.807, 2.05) is 30.3 Å². The van der Waals surface area contributed by atoms with Crippen LogP contribution >= 0.6 is 0 Å². The summed E-state index contributed by atoms with van der Waals surface area (Å²) in [6.07, 6.45) is 1.74. The number of nitrogen functional groups attached to an aromatic ring is 1. The molecule has 3 N–H and O–H groups in total. The Morgan fingerprint density at radius 2 is 1.95 bits per heavy atom. The third kappa shape index (κ3) is 2.79. The van der Waals surface area contributed by atoms with Crippen molar-refractivity contribution in [2.75, 3.05) is 5.73 Å². The normalized spacial score (nSPS) is 10.5. The number of aromatic nitrogens is 3. The molecule has 0 spiro atoms. The van der Waals surface area contributed by atoms with Gasteiger partial charge in [0.2, 0.25) is 0 Å². The van der Waals surface area contributed by atoms with Crippen LogP contribution in [0.1, 0.15) is 16.1 Å². The highest BCUT2D eigenvalue weighted by molar-refractivity contribution is 5.92. The van der Waals surface area contributed by atoms with E-state index in [-0.39, 0.29) is 17.4 Å². The van der Waals surface area contributed by atoms with Crippen molar-refractivity contribution in [3.05, 3.63) is 59.9 Å². The summed E-state index contributed by atoms with van der Waals surface area (Å²) in [5.74, 6) is -0.0137. The van der Waals surface area contributed by atoms with Crippen LogP contribution in [0.15, 0.2) is 48.7 Å². The SMILES string of the molecule is Nc1ccc(C(=O)NCc2cccc3cccnc23)nn1. The molecular weight excluding hydrogens is 266 g/mol. The summed E-state index contributed by atoms with van der Waals surface area (Å²) < 4.78 is 0. The maximum atomic E-state index is 12.0. The van der Waals surface area contributed by atoms with Gasteiger partial charge in [-0.05, 0) is 23.8 Å². The van der Waals surface area contributed by atoms with E-state index in [0.717, 1.165) is 16.5 Å². The zero-order valence-corrected chi connectivity index (χ0v) is 11.2. The van der Waals surface area contributed by atoms with Crippen molar-refractivity contribution in [3.8, 4) is 0 Å². The Bertz CT molecular complexity index is 780. The fourth-order valence-electron chi connectivity index (χ4n) is 2.04. The first-order chi connectivity index (χ1) is 10.2. The minimum absolute atomic E-state index is 0.234. The van der Waals surface area contributed by atoms with Crippen LogP contribution in [0.4, 0.5) is 5.82 Å². The molecule has 6 heteroatoms. The molecule has 104 valence electrons. The molecule has 0 bridgehead atoms. The summed E-state index contributed by atoms with van der Waals surface area (Å²) in [6, 6.07) is 12.8. The Hall–Kier alpha value is -3.02. The van der Waals surface area contributed by atoms with Crippen LogP contribution in [0.2, 0.25) is 0 Å². The number of hydrogen-bond donors (Lipinski definition) is 2. The highest BCUT2D eigenvalue weighted by Crippen LogP contribution is 2.15. The number of nitrogens with zero attached hydrogens (tertiary/aromatic N) is 3. The van der Waals surface area contributed by atoms with E-state index in [2.05, 4.69) is 20.5 Å². The van der Waals surface area contributed by atoms with Crippen molar-refractivity contribution in [2.45, 2.75) is 6.54 Å². The quantitative estimate of drug-likeness (QED) is 0.758. The molecule has 3 rings (SSSR count). The molecule has 0 aliphatic heterocycles. The van der Waals surface area contributed by atoms with E-state index in [1.165, 1.54) is 0 Å². The zero-order chi connectivity index (χ0) is 14.7. The summed E-state index contributed by atoms with van der Waals surface area (Å²) >= 11 is 0. The number of pyridine rings is 1. The molecule has 0 aliphatic rings. The van der Waals surface area contributed by atoms with Crippen LogP contribution in [0.25, 0.3) is 10.9 Å². The Morgan fingerprint density at radius 3 is 2.76 bits per heavy atom. The van der Waals surface area contributed by atoms with Gasteiger partial charge in [-0.3, -0.25) is 9.78 Å². The second-order valence-corrected chi connectivity index (χ2v) is 4.52. The minimum atomic E-state index is -0.296. The number of carbonyl (C=O) groups excluding carboxylic acids is 1. The number of benzene rings is 1. The van der Waals surface area contributed by atoms with Crippen LogP contribution < -0.4 is 11.1 Å². The van der Waals surface area contributed by atoms with Crippen LogP contribution in [-0.4, -0.2) is 21.1 Å². The lowest BCUT2D eigenvalue weighted by molar-refractivity contribution is 0.0945. The second-order valence-electron chi connectivity index (χ2n) is 4.52. The lowest BCUT2D eigenvalue weighted by Crippen LogP contribution is -2.24. The highest BCUT2D eigenvalue weighted by atomic mass is 16.1. The predicted molar refractivity (Wildman–Crippen MR) is 79.4 cm³/mol. The fourth-order valence-corrected chi connectivity index (χ4v) is 2.04. The van der Waals surface area contributed by atoms with Gasteiger partial charge in [-0.15, -0.1) is 10.2 Å². The summed E-state index contributed by atoms with van der Waals surface area (Å²) in [5.41, 5.74) is 7.50. The van der Waals surface area contributed by atoms with Gasteiger partial charge in [0.05, 0.1) is 5.52 Å². The summed E-state index contributed by atoms with van der Waals surface area (Å²) in [5, 5.41) is 11.3. The fraction of sp³-hybridized carbons (Fsp3) is 0.0667. The number of anilines is 1. The number of nitrogens with two attached hydrogens (primary N) is 1. The van der Waals surface area contributed by atoms with Crippen molar-refractivity contribution in [2.24, 2.45) is 0 Å². The molecule has 2 heterocycles. The standard InChI is InChI=1S/C15H13N5O/c16-13-7-6-12(19-20-13)15(21)18-9-11-4-1-3-10-5-2-8-17-14(10)11/h1-8H,9H2,(H2,16,20)(H,18,21). The van der Waals surface area contributed by atoms with Gasteiger partial charge in [-0.1, -0.05) is 24.3 Å². The van der Waals surface area contributed by atoms with Gasteiger partial charge in [-0.25, -0.2) is 0 Å². The average Bonchev–Trinajstić information content (AvgIpc) is 2.53. The number of hydrogen-bond acceptors (Lipinski definition) is 5. The van der Waals surface area contributed by atoms with E-state index in [4.69, 9.17) is 5.73 Å². The minimum Gasteiger partial charge on any atom is -0.382 e. The topological polar surface area (TPSA) is 93.8 Å². The van der Waals surface area contributed by atoms with Gasteiger partial charge in [0, 0.05) is 18.1 Å². The van der Waals surface area contributed by atoms with Crippen molar-refractivity contribution in [1.29, 1.82) is 0 Å². The van der Waals surface area contributed by atoms with Crippen LogP contribution in [0, 0.1) is 0 Å². The number of amides is 1. The maximum absolute atomic E-state index is 12.0. The number of rotatable bonds is 3. The van der Waals surface area contributed by atoms with Crippen molar-refractivity contribution < 1.29 is 4.79 Å². The molecule has 0 unspecified atom stereocenters. The van der Waals surface area contributed by atoms with E-state index in [0.29, 0.717) is 6.54 Å². The van der Waals surface area contributed by atoms with Gasteiger partial charge in [-0.2, -0.15) is 0 Å². The van der Waals surface area contributed by atoms with E-state index in [1.54, 1.807) is 18.3 Å². The Balaban J connectivity index is 1.77. The van der Waals surface area contributed by atoms with E-state index < -0.39 is 0 Å². The summed E-state index contributed by atoms with van der Waals surface area (Å²) in [7, 11) is 0. The van der Waals surface area contributed by atoms with Crippen molar-refractivity contribution >= 4 is 22.6 Å². The summed E-state index contributed by atoms with van der Waals surface area (Å²) in [4.78, 5) is 16.3. The van der Waals surface area contributed by atoms with Gasteiger partial charge in [0.25, 0.3) is 5.91 Å². The predicted octanol–water partition coefficient (Wildman–Crippen LogP) is 1.54. The first-order valence-electron chi connectivity index (χ1n) is 6.44. The molecule has 0 fully saturated rings. The van der Waals surface area contributed by atoms with Crippen LogP contribution in [-0.2, 0) is 6.54 Å². The lowest BCUT2D eigenvalue weighted by Gasteiger charge is -2.07. The Kier molecular flexibility index (Phi) is 3.42. The van der Waals surface area contributed by atoms with Gasteiger partial charge in [0.1, 0.15) is 5.82 Å². The molecular formula is C15H13N5O. The third-order valence-corrected chi connectivity index (χ3v) is 3.07. The number of para-hydroxylation sites is 1. The molecule has 1 aromatic carbocycles. The highest BCUT2D eigenvalue weighted by Gasteiger charge is 2.08. The monoisotopic (exact) mass is 279 g/mol. The third-order valence-electron chi connectivity index (χ3n) is 3.07. The molecule has 6 nitrogen and oxygen atoms in total. The summed E-state index contributed by atoms with van der Waals surface area (Å²) in [6.45, 7) is 0.374. The number of nitrogens with one attached hydrogen (secondary N) is 1. The molecule has 0 atom stereocenters. The smallest absolute Gasteiger partial charge is 0.272 e. The van der Waals surface area contributed by atoms with Crippen molar-refractivity contribution in [3.63, 3.8) is 0 Å². The Labute approximate surface area is 121 Å². The maximum Gasteiger partial charge on any atom is 0.272 e. The molecule has 2 aromatic heterocycles. The van der Waals surface area contributed by atoms with Crippen molar-refractivity contribution in [1.82, 2.24) is 20.5 Å². The van der Waals surface area contributed by atoms with Gasteiger partial charge in [0.15, 0.2) is 5.69 Å². The lowest BCUT2D eigenvalue weighted by atomic mass is 10.1. The van der Waals surface area contributed by atoms with Gasteiger partial charge >= 0.3 is 0 Å². The largest absolute Gasteiger partial charge is 0.382 e. The van der Waals surface area contributed by atoms with E-state index >= 15 is 0 Å². The molecule has 1 amide bonds. The van der Waals surface area contributed by atoms with Crippen LogP contribution in [0.5, 0.6) is 0 Å². The first-order valence-corrected chi connectivity index (χ1v) is 6.44. The van der Waals surface area contributed by atoms with Crippen LogP contribution in [0.3, 0.4) is 0 Å². The number of carbonyl (C=O) groups is 1. The zero-order valence-electron chi connectivity index (χ0n) is 11.2. The molecule has 21 heavy (non-hydrogen) atoms. The number of fused-ring (bicyclic) bond motifs is 1. The molecule has 0 saturated carbocycles. The molecule has 0 saturated heterocycles. The van der Waals surface area contributed by atoms with Gasteiger partial charge < -0.3 is 11.1 Å². The molecule has 0 radical (unpaired) electrons. The molecule has 0 aliphatic carbocycles. The Morgan fingerprint density at radius 1 is 1.10 bits per heavy atom. The first kappa shape index (κ1) is 13.0. The van der Waals surface area contributed by atoms with E-state index in [9.17, 15) is 4.79 Å². The second kappa shape index (κ2) is 5.54.